The lowest BCUT2D eigenvalue weighted by Crippen LogP contribution is -2.31. The summed E-state index contributed by atoms with van der Waals surface area (Å²) < 4.78 is 24.7. The van der Waals surface area contributed by atoms with E-state index in [-0.39, 0.29) is 11.9 Å². The maximum absolute atomic E-state index is 12.6. The molecule has 1 amide bonds. The monoisotopic (exact) mass is 501 g/mol. The van der Waals surface area contributed by atoms with E-state index in [0.29, 0.717) is 21.4 Å². The van der Waals surface area contributed by atoms with E-state index in [1.165, 1.54) is 18.6 Å². The van der Waals surface area contributed by atoms with Crippen LogP contribution in [0.2, 0.25) is 0 Å². The van der Waals surface area contributed by atoms with Gasteiger partial charge in [0.05, 0.1) is 10.3 Å². The normalized spacial score (nSPS) is 14.1. The zero-order valence-electron chi connectivity index (χ0n) is 20.4. The van der Waals surface area contributed by atoms with Gasteiger partial charge in [-0.25, -0.2) is 8.42 Å². The second-order valence-corrected chi connectivity index (χ2v) is 12.4. The molecule has 2 aromatic carbocycles. The largest absolute Gasteiger partial charge is 0.619 e. The van der Waals surface area contributed by atoms with Crippen LogP contribution in [0.4, 0.5) is 0 Å². The van der Waals surface area contributed by atoms with Gasteiger partial charge < -0.3 is 10.5 Å². The van der Waals surface area contributed by atoms with Gasteiger partial charge in [0.2, 0.25) is 0 Å². The van der Waals surface area contributed by atoms with E-state index >= 15 is 0 Å². The first-order valence-corrected chi connectivity index (χ1v) is 13.7. The molecule has 1 fully saturated rings. The molecule has 4 aromatic rings. The van der Waals surface area contributed by atoms with Crippen LogP contribution in [-0.2, 0) is 14.6 Å². The van der Waals surface area contributed by atoms with Gasteiger partial charge in [-0.2, -0.15) is 4.73 Å². The van der Waals surface area contributed by atoms with E-state index < -0.39 is 14.6 Å². The Bertz CT molecular complexity index is 1610. The standard InChI is InChI=1S/C28H27N3O4S/c1-28(2,36(3,34)35)23-14-20-8-5-11-29-26(20)25(15-23)19-7-4-6-18(12-19)21-13-22(17-31(33)16-21)27(32)30-24-9-10-24/h4-8,11-17,24H,9-10H2,1-3H3,(H,30,32). The number of carbonyl (C=O) groups is 1. The molecule has 0 aliphatic heterocycles. The molecule has 184 valence electrons. The molecule has 7 nitrogen and oxygen atoms in total. The van der Waals surface area contributed by atoms with Gasteiger partial charge in [0, 0.05) is 35.0 Å². The van der Waals surface area contributed by atoms with Crippen LogP contribution in [0.15, 0.2) is 73.2 Å². The predicted molar refractivity (Wildman–Crippen MR) is 140 cm³/mol. The van der Waals surface area contributed by atoms with Gasteiger partial charge in [-0.15, -0.1) is 0 Å². The van der Waals surface area contributed by atoms with Gasteiger partial charge in [0.1, 0.15) is 5.56 Å². The highest BCUT2D eigenvalue weighted by molar-refractivity contribution is 7.91. The lowest BCUT2D eigenvalue weighted by Gasteiger charge is -2.24. The lowest BCUT2D eigenvalue weighted by molar-refractivity contribution is -0.604. The second kappa shape index (κ2) is 8.71. The minimum Gasteiger partial charge on any atom is -0.619 e. The van der Waals surface area contributed by atoms with Crippen LogP contribution in [0, 0.1) is 5.21 Å². The van der Waals surface area contributed by atoms with Gasteiger partial charge >= 0.3 is 0 Å². The molecule has 1 saturated carbocycles. The predicted octanol–water partition coefficient (Wildman–Crippen LogP) is 4.37. The molecule has 8 heteroatoms. The summed E-state index contributed by atoms with van der Waals surface area (Å²) in [4.78, 5) is 17.1. The van der Waals surface area contributed by atoms with Crippen molar-refractivity contribution < 1.29 is 17.9 Å². The summed E-state index contributed by atoms with van der Waals surface area (Å²) in [6.07, 6.45) is 7.58. The Morgan fingerprint density at radius 3 is 2.50 bits per heavy atom. The van der Waals surface area contributed by atoms with Crippen LogP contribution in [0.5, 0.6) is 0 Å². The maximum Gasteiger partial charge on any atom is 0.257 e. The van der Waals surface area contributed by atoms with Gasteiger partial charge in [-0.3, -0.25) is 9.78 Å². The zero-order valence-corrected chi connectivity index (χ0v) is 21.2. The topological polar surface area (TPSA) is 103 Å². The summed E-state index contributed by atoms with van der Waals surface area (Å²) in [6, 6.07) is 17.0. The first kappa shape index (κ1) is 23.9. The number of rotatable bonds is 6. The number of nitrogens with one attached hydrogen (secondary N) is 1. The fraction of sp³-hybridized carbons (Fsp3) is 0.250. The summed E-state index contributed by atoms with van der Waals surface area (Å²) in [5.41, 5.74) is 4.71. The van der Waals surface area contributed by atoms with E-state index in [1.807, 2.05) is 48.5 Å². The van der Waals surface area contributed by atoms with Crippen molar-refractivity contribution in [1.82, 2.24) is 10.3 Å². The molecule has 0 spiro atoms. The Hall–Kier alpha value is -3.78. The molecule has 5 rings (SSSR count). The number of amides is 1. The summed E-state index contributed by atoms with van der Waals surface area (Å²) in [7, 11) is -3.39. The number of benzene rings is 2. The number of carbonyl (C=O) groups excluding carboxylic acids is 1. The number of sulfone groups is 1. The van der Waals surface area contributed by atoms with Crippen molar-refractivity contribution in [3.8, 4) is 22.3 Å². The van der Waals surface area contributed by atoms with Crippen molar-refractivity contribution in [1.29, 1.82) is 0 Å². The summed E-state index contributed by atoms with van der Waals surface area (Å²) in [6.45, 7) is 3.40. The first-order chi connectivity index (χ1) is 17.0. The van der Waals surface area contributed by atoms with Crippen molar-refractivity contribution in [2.45, 2.75) is 37.5 Å². The third-order valence-electron chi connectivity index (χ3n) is 6.85. The number of hydrogen-bond acceptors (Lipinski definition) is 5. The van der Waals surface area contributed by atoms with Gasteiger partial charge in [-0.05, 0) is 73.7 Å². The molecule has 1 aliphatic carbocycles. The van der Waals surface area contributed by atoms with Crippen molar-refractivity contribution in [2.75, 3.05) is 6.26 Å². The van der Waals surface area contributed by atoms with Crippen molar-refractivity contribution >= 4 is 26.6 Å². The fourth-order valence-electron chi connectivity index (χ4n) is 4.17. The average Bonchev–Trinajstić information content (AvgIpc) is 3.66. The Kier molecular flexibility index (Phi) is 5.79. The molecule has 0 bridgehead atoms. The lowest BCUT2D eigenvalue weighted by atomic mass is 9.92. The Morgan fingerprint density at radius 2 is 1.78 bits per heavy atom. The molecular formula is C28H27N3O4S. The minimum atomic E-state index is -3.39. The molecule has 1 N–H and O–H groups in total. The Morgan fingerprint density at radius 1 is 1.03 bits per heavy atom. The van der Waals surface area contributed by atoms with Crippen LogP contribution >= 0.6 is 0 Å². The van der Waals surface area contributed by atoms with Gasteiger partial charge in [0.25, 0.3) is 5.91 Å². The average molecular weight is 502 g/mol. The van der Waals surface area contributed by atoms with Gasteiger partial charge in [0.15, 0.2) is 22.2 Å². The number of pyridine rings is 2. The summed E-state index contributed by atoms with van der Waals surface area (Å²) in [5.74, 6) is -0.258. The summed E-state index contributed by atoms with van der Waals surface area (Å²) >= 11 is 0. The number of fused-ring (bicyclic) bond motifs is 1. The first-order valence-electron chi connectivity index (χ1n) is 11.8. The van der Waals surface area contributed by atoms with Crippen molar-refractivity contribution in [3.05, 3.63) is 89.5 Å². The van der Waals surface area contributed by atoms with E-state index in [9.17, 15) is 18.4 Å². The smallest absolute Gasteiger partial charge is 0.257 e. The Balaban J connectivity index is 1.63. The molecule has 0 unspecified atom stereocenters. The van der Waals surface area contributed by atoms with Crippen molar-refractivity contribution in [3.63, 3.8) is 0 Å². The molecule has 0 saturated heterocycles. The van der Waals surface area contributed by atoms with Crippen LogP contribution in [0.1, 0.15) is 42.6 Å². The second-order valence-electron chi connectivity index (χ2n) is 9.88. The van der Waals surface area contributed by atoms with Crippen molar-refractivity contribution in [2.24, 2.45) is 0 Å². The summed E-state index contributed by atoms with van der Waals surface area (Å²) in [5, 5.41) is 16.1. The van der Waals surface area contributed by atoms with Crippen LogP contribution in [0.3, 0.4) is 0 Å². The highest BCUT2D eigenvalue weighted by atomic mass is 32.2. The van der Waals surface area contributed by atoms with E-state index in [4.69, 9.17) is 0 Å². The molecule has 2 aromatic heterocycles. The van der Waals surface area contributed by atoms with Crippen LogP contribution < -0.4 is 10.0 Å². The molecule has 0 atom stereocenters. The van der Waals surface area contributed by atoms with E-state index in [2.05, 4.69) is 10.3 Å². The van der Waals surface area contributed by atoms with Crippen LogP contribution in [-0.4, -0.2) is 31.6 Å². The highest BCUT2D eigenvalue weighted by Crippen LogP contribution is 2.37. The number of nitrogens with zero attached hydrogens (tertiary/aromatic N) is 2. The fourth-order valence-corrected chi connectivity index (χ4v) is 4.72. The van der Waals surface area contributed by atoms with E-state index in [1.54, 1.807) is 26.1 Å². The molecule has 0 radical (unpaired) electrons. The Labute approximate surface area is 210 Å². The van der Waals surface area contributed by atoms with Crippen LogP contribution in [0.25, 0.3) is 33.2 Å². The third kappa shape index (κ3) is 4.56. The number of hydrogen-bond donors (Lipinski definition) is 1. The zero-order chi connectivity index (χ0) is 25.7. The maximum atomic E-state index is 12.6. The quantitative estimate of drug-likeness (QED) is 0.312. The third-order valence-corrected chi connectivity index (χ3v) is 8.94. The minimum absolute atomic E-state index is 0.189. The molecule has 36 heavy (non-hydrogen) atoms. The number of aromatic nitrogens is 2. The van der Waals surface area contributed by atoms with Gasteiger partial charge in [-0.1, -0.05) is 24.3 Å². The SMILES string of the molecule is CC(C)(c1cc(-c2cccc(-c3cc(C(=O)NC4CC4)c[n+]([O-])c3)c2)c2ncccc2c1)S(C)(=O)=O. The highest BCUT2D eigenvalue weighted by Gasteiger charge is 2.33. The van der Waals surface area contributed by atoms with E-state index in [0.717, 1.165) is 40.4 Å². The molecule has 2 heterocycles. The molecule has 1 aliphatic rings. The molecular weight excluding hydrogens is 474 g/mol.